The van der Waals surface area contributed by atoms with E-state index in [0.717, 1.165) is 0 Å². The van der Waals surface area contributed by atoms with Crippen molar-refractivity contribution in [3.8, 4) is 17.7 Å². The Morgan fingerprint density at radius 3 is 2.80 bits per heavy atom. The van der Waals surface area contributed by atoms with Crippen LogP contribution in [0.25, 0.3) is 0 Å². The standard InChI is InChI=1S/C12H9BrN4O3/c1-7-11(6-14)12(16(2)15-7)20-10-4-8(13)3-9(5-10)17(18)19/h3-5H,1-2H3. The average Bonchev–Trinajstić information content (AvgIpc) is 2.63. The summed E-state index contributed by atoms with van der Waals surface area (Å²) in [6.07, 6.45) is 0. The highest BCUT2D eigenvalue weighted by molar-refractivity contribution is 9.10. The quantitative estimate of drug-likeness (QED) is 0.634. The second-order valence-corrected chi connectivity index (χ2v) is 4.92. The zero-order valence-corrected chi connectivity index (χ0v) is 12.2. The SMILES string of the molecule is Cc1nn(C)c(Oc2cc(Br)cc([N+](=O)[O-])c2)c1C#N. The maximum Gasteiger partial charge on any atom is 0.274 e. The van der Waals surface area contributed by atoms with E-state index >= 15 is 0 Å². The lowest BCUT2D eigenvalue weighted by atomic mass is 10.3. The topological polar surface area (TPSA) is 94.0 Å². The highest BCUT2D eigenvalue weighted by Gasteiger charge is 2.17. The number of hydrogen-bond donors (Lipinski definition) is 0. The van der Waals surface area contributed by atoms with Gasteiger partial charge in [-0.1, -0.05) is 15.9 Å². The van der Waals surface area contributed by atoms with E-state index < -0.39 is 4.92 Å². The number of benzene rings is 1. The Bertz CT molecular complexity index is 733. The Morgan fingerprint density at radius 2 is 2.20 bits per heavy atom. The molecule has 20 heavy (non-hydrogen) atoms. The van der Waals surface area contributed by atoms with Gasteiger partial charge in [0.15, 0.2) is 0 Å². The number of nitriles is 1. The van der Waals surface area contributed by atoms with Gasteiger partial charge in [-0.3, -0.25) is 10.1 Å². The first-order valence-corrected chi connectivity index (χ1v) is 6.28. The zero-order valence-electron chi connectivity index (χ0n) is 10.6. The molecule has 0 aliphatic rings. The minimum Gasteiger partial charge on any atom is -0.438 e. The third kappa shape index (κ3) is 2.62. The minimum absolute atomic E-state index is 0.105. The molecule has 0 radical (unpaired) electrons. The van der Waals surface area contributed by atoms with E-state index in [1.165, 1.54) is 16.8 Å². The first kappa shape index (κ1) is 14.0. The maximum absolute atomic E-state index is 10.8. The Kier molecular flexibility index (Phi) is 3.72. The van der Waals surface area contributed by atoms with Gasteiger partial charge < -0.3 is 4.74 Å². The van der Waals surface area contributed by atoms with Gasteiger partial charge in [-0.2, -0.15) is 10.4 Å². The lowest BCUT2D eigenvalue weighted by Gasteiger charge is -2.06. The monoisotopic (exact) mass is 336 g/mol. The number of ether oxygens (including phenoxy) is 1. The summed E-state index contributed by atoms with van der Waals surface area (Å²) in [4.78, 5) is 10.3. The number of aromatic nitrogens is 2. The van der Waals surface area contributed by atoms with Gasteiger partial charge in [-0.25, -0.2) is 4.68 Å². The van der Waals surface area contributed by atoms with Crippen LogP contribution in [0.5, 0.6) is 11.6 Å². The van der Waals surface area contributed by atoms with Crippen LogP contribution < -0.4 is 4.74 Å². The summed E-state index contributed by atoms with van der Waals surface area (Å²) in [6, 6.07) is 6.24. The number of nitrogens with zero attached hydrogens (tertiary/aromatic N) is 4. The van der Waals surface area contributed by atoms with Crippen LogP contribution in [0.4, 0.5) is 5.69 Å². The van der Waals surface area contributed by atoms with Crippen molar-refractivity contribution in [3.05, 3.63) is 44.0 Å². The van der Waals surface area contributed by atoms with E-state index in [2.05, 4.69) is 21.0 Å². The second-order valence-electron chi connectivity index (χ2n) is 4.01. The largest absolute Gasteiger partial charge is 0.438 e. The van der Waals surface area contributed by atoms with E-state index in [-0.39, 0.29) is 17.3 Å². The molecule has 1 aromatic carbocycles. The van der Waals surface area contributed by atoms with Crippen molar-refractivity contribution >= 4 is 21.6 Å². The number of nitro groups is 1. The molecule has 0 N–H and O–H groups in total. The molecule has 1 heterocycles. The zero-order chi connectivity index (χ0) is 14.9. The molecule has 0 unspecified atom stereocenters. The molecule has 0 bridgehead atoms. The van der Waals surface area contributed by atoms with Crippen LogP contribution in [0.3, 0.4) is 0 Å². The molecular weight excluding hydrogens is 328 g/mol. The van der Waals surface area contributed by atoms with Crippen LogP contribution in [0, 0.1) is 28.4 Å². The van der Waals surface area contributed by atoms with Gasteiger partial charge in [0, 0.05) is 17.6 Å². The van der Waals surface area contributed by atoms with E-state index in [1.54, 1.807) is 20.0 Å². The summed E-state index contributed by atoms with van der Waals surface area (Å²) in [7, 11) is 1.63. The number of aryl methyl sites for hydroxylation is 2. The van der Waals surface area contributed by atoms with Gasteiger partial charge in [0.2, 0.25) is 5.88 Å². The number of halogens is 1. The molecule has 102 valence electrons. The average molecular weight is 337 g/mol. The normalized spacial score (nSPS) is 10.1. The molecule has 2 aromatic rings. The van der Waals surface area contributed by atoms with E-state index in [1.807, 2.05) is 6.07 Å². The second kappa shape index (κ2) is 5.30. The summed E-state index contributed by atoms with van der Waals surface area (Å²) >= 11 is 3.18. The Hall–Kier alpha value is -2.40. The number of hydrogen-bond acceptors (Lipinski definition) is 5. The van der Waals surface area contributed by atoms with E-state index in [4.69, 9.17) is 10.00 Å². The fourth-order valence-electron chi connectivity index (χ4n) is 1.71. The minimum atomic E-state index is -0.517. The van der Waals surface area contributed by atoms with E-state index in [0.29, 0.717) is 15.7 Å². The number of nitro benzene ring substituents is 1. The van der Waals surface area contributed by atoms with Gasteiger partial charge in [-0.05, 0) is 13.0 Å². The van der Waals surface area contributed by atoms with Gasteiger partial charge in [-0.15, -0.1) is 0 Å². The van der Waals surface area contributed by atoms with Crippen LogP contribution in [0.2, 0.25) is 0 Å². The number of rotatable bonds is 3. The molecule has 1 aromatic heterocycles. The molecule has 0 spiro atoms. The predicted octanol–water partition coefficient (Wildman–Crippen LogP) is 3.06. The summed E-state index contributed by atoms with van der Waals surface area (Å²) < 4.78 is 7.50. The predicted molar refractivity (Wildman–Crippen MR) is 73.5 cm³/mol. The molecular formula is C12H9BrN4O3. The van der Waals surface area contributed by atoms with Crippen LogP contribution in [0.15, 0.2) is 22.7 Å². The highest BCUT2D eigenvalue weighted by Crippen LogP contribution is 2.31. The molecule has 0 amide bonds. The third-order valence-electron chi connectivity index (χ3n) is 2.56. The Morgan fingerprint density at radius 1 is 1.50 bits per heavy atom. The van der Waals surface area contributed by atoms with Crippen molar-refractivity contribution in [2.45, 2.75) is 6.92 Å². The van der Waals surface area contributed by atoms with Gasteiger partial charge in [0.05, 0.1) is 16.7 Å². The maximum atomic E-state index is 10.8. The summed E-state index contributed by atoms with van der Waals surface area (Å²) in [6.45, 7) is 1.69. The van der Waals surface area contributed by atoms with Crippen LogP contribution in [-0.4, -0.2) is 14.7 Å². The van der Waals surface area contributed by atoms with Crippen LogP contribution >= 0.6 is 15.9 Å². The molecule has 0 saturated heterocycles. The molecule has 0 fully saturated rings. The lowest BCUT2D eigenvalue weighted by Crippen LogP contribution is -1.97. The third-order valence-corrected chi connectivity index (χ3v) is 3.02. The van der Waals surface area contributed by atoms with Crippen molar-refractivity contribution < 1.29 is 9.66 Å². The summed E-state index contributed by atoms with van der Waals surface area (Å²) in [5.74, 6) is 0.503. The van der Waals surface area contributed by atoms with E-state index in [9.17, 15) is 10.1 Å². The first-order valence-electron chi connectivity index (χ1n) is 5.49. The van der Waals surface area contributed by atoms with Crippen molar-refractivity contribution in [2.75, 3.05) is 0 Å². The fourth-order valence-corrected chi connectivity index (χ4v) is 2.17. The molecule has 0 aliphatic heterocycles. The highest BCUT2D eigenvalue weighted by atomic mass is 79.9. The Labute approximate surface area is 122 Å². The molecule has 0 saturated carbocycles. The van der Waals surface area contributed by atoms with Gasteiger partial charge in [0.25, 0.3) is 5.69 Å². The Balaban J connectivity index is 2.46. The van der Waals surface area contributed by atoms with Crippen molar-refractivity contribution in [2.24, 2.45) is 7.05 Å². The van der Waals surface area contributed by atoms with Crippen molar-refractivity contribution in [3.63, 3.8) is 0 Å². The van der Waals surface area contributed by atoms with Crippen LogP contribution in [-0.2, 0) is 7.05 Å². The lowest BCUT2D eigenvalue weighted by molar-refractivity contribution is -0.385. The molecule has 7 nitrogen and oxygen atoms in total. The first-order chi connectivity index (χ1) is 9.42. The van der Waals surface area contributed by atoms with Gasteiger partial charge in [0.1, 0.15) is 17.4 Å². The summed E-state index contributed by atoms with van der Waals surface area (Å²) in [5.41, 5.74) is 0.733. The van der Waals surface area contributed by atoms with Crippen LogP contribution in [0.1, 0.15) is 11.3 Å². The molecule has 2 rings (SSSR count). The fraction of sp³-hybridized carbons (Fsp3) is 0.167. The summed E-state index contributed by atoms with van der Waals surface area (Å²) in [5, 5.41) is 24.0. The molecule has 8 heteroatoms. The van der Waals surface area contributed by atoms with Crippen molar-refractivity contribution in [1.29, 1.82) is 5.26 Å². The smallest absolute Gasteiger partial charge is 0.274 e. The number of non-ortho nitro benzene ring substituents is 1. The molecule has 0 atom stereocenters. The van der Waals surface area contributed by atoms with Gasteiger partial charge >= 0.3 is 0 Å². The van der Waals surface area contributed by atoms with Crippen molar-refractivity contribution in [1.82, 2.24) is 9.78 Å². The molecule has 0 aliphatic carbocycles.